The second kappa shape index (κ2) is 4.48. The zero-order valence-corrected chi connectivity index (χ0v) is 10.5. The van der Waals surface area contributed by atoms with Crippen molar-refractivity contribution in [3.05, 3.63) is 34.5 Å². The quantitative estimate of drug-likeness (QED) is 0.873. The van der Waals surface area contributed by atoms with Gasteiger partial charge < -0.3 is 10.3 Å². The second-order valence-corrected chi connectivity index (χ2v) is 4.57. The first kappa shape index (κ1) is 11.5. The van der Waals surface area contributed by atoms with Gasteiger partial charge in [0, 0.05) is 18.1 Å². The maximum absolute atomic E-state index is 6.24. The summed E-state index contributed by atoms with van der Waals surface area (Å²) in [5.41, 5.74) is 9.37. The summed E-state index contributed by atoms with van der Waals surface area (Å²) in [6, 6.07) is 6.07. The lowest BCUT2D eigenvalue weighted by atomic mass is 10.1. The van der Waals surface area contributed by atoms with Crippen molar-refractivity contribution in [2.75, 3.05) is 6.54 Å². The van der Waals surface area contributed by atoms with Crippen LogP contribution in [0.4, 0.5) is 0 Å². The molecule has 0 aliphatic heterocycles. The summed E-state index contributed by atoms with van der Waals surface area (Å²) < 4.78 is 2.20. The number of rotatable bonds is 3. The monoisotopic (exact) mass is 236 g/mol. The topological polar surface area (TPSA) is 30.9 Å². The number of aromatic nitrogens is 1. The van der Waals surface area contributed by atoms with Crippen LogP contribution in [0, 0.1) is 6.92 Å². The number of hydrogen-bond donors (Lipinski definition) is 1. The summed E-state index contributed by atoms with van der Waals surface area (Å²) in [5.74, 6) is 0. The van der Waals surface area contributed by atoms with E-state index in [-0.39, 0.29) is 0 Å². The van der Waals surface area contributed by atoms with Crippen LogP contribution in [0.3, 0.4) is 0 Å². The van der Waals surface area contributed by atoms with Crippen molar-refractivity contribution in [3.8, 4) is 0 Å². The van der Waals surface area contributed by atoms with Crippen LogP contribution in [0.5, 0.6) is 0 Å². The van der Waals surface area contributed by atoms with E-state index < -0.39 is 0 Å². The molecule has 3 heteroatoms. The van der Waals surface area contributed by atoms with Crippen LogP contribution in [-0.2, 0) is 13.5 Å². The number of aryl methyl sites for hydroxylation is 2. The van der Waals surface area contributed by atoms with E-state index in [9.17, 15) is 0 Å². The number of nitrogens with zero attached hydrogens (tertiary/aromatic N) is 1. The van der Waals surface area contributed by atoms with Gasteiger partial charge in [0.15, 0.2) is 0 Å². The molecule has 2 nitrogen and oxygen atoms in total. The average Bonchev–Trinajstić information content (AvgIpc) is 2.51. The van der Waals surface area contributed by atoms with E-state index in [0.717, 1.165) is 29.9 Å². The molecule has 0 amide bonds. The molecule has 0 bridgehead atoms. The van der Waals surface area contributed by atoms with Crippen molar-refractivity contribution >= 4 is 22.5 Å². The molecule has 1 aromatic carbocycles. The second-order valence-electron chi connectivity index (χ2n) is 4.16. The third kappa shape index (κ3) is 1.72. The lowest BCUT2D eigenvalue weighted by Gasteiger charge is -2.05. The molecular formula is C13H17ClN2. The van der Waals surface area contributed by atoms with Crippen molar-refractivity contribution in [1.82, 2.24) is 4.57 Å². The number of nitrogens with two attached hydrogens (primary N) is 1. The Morgan fingerprint density at radius 3 is 2.75 bits per heavy atom. The molecule has 0 spiro atoms. The summed E-state index contributed by atoms with van der Waals surface area (Å²) in [4.78, 5) is 0. The van der Waals surface area contributed by atoms with Gasteiger partial charge in [0.25, 0.3) is 0 Å². The Morgan fingerprint density at radius 2 is 2.12 bits per heavy atom. The van der Waals surface area contributed by atoms with Gasteiger partial charge in [-0.05, 0) is 37.9 Å². The Morgan fingerprint density at radius 1 is 1.38 bits per heavy atom. The van der Waals surface area contributed by atoms with Crippen LogP contribution >= 0.6 is 11.6 Å². The van der Waals surface area contributed by atoms with Gasteiger partial charge in [-0.1, -0.05) is 23.7 Å². The predicted molar refractivity (Wildman–Crippen MR) is 70.0 cm³/mol. The van der Waals surface area contributed by atoms with E-state index >= 15 is 0 Å². The molecule has 2 rings (SSSR count). The molecule has 16 heavy (non-hydrogen) atoms. The van der Waals surface area contributed by atoms with E-state index in [2.05, 4.69) is 24.6 Å². The van der Waals surface area contributed by atoms with Gasteiger partial charge in [-0.3, -0.25) is 0 Å². The fraction of sp³-hybridized carbons (Fsp3) is 0.385. The normalized spacial score (nSPS) is 11.2. The van der Waals surface area contributed by atoms with Gasteiger partial charge in [0.05, 0.1) is 10.5 Å². The SMILES string of the molecule is Cc1c(CCCN)n(C)c2c(Cl)cccc12. The van der Waals surface area contributed by atoms with Crippen molar-refractivity contribution in [2.24, 2.45) is 12.8 Å². The molecule has 0 atom stereocenters. The molecule has 2 N–H and O–H groups in total. The number of hydrogen-bond acceptors (Lipinski definition) is 1. The molecule has 1 aromatic heterocycles. The summed E-state index contributed by atoms with van der Waals surface area (Å²) in [6.07, 6.45) is 2.03. The van der Waals surface area contributed by atoms with Crippen molar-refractivity contribution < 1.29 is 0 Å². The maximum atomic E-state index is 6.24. The van der Waals surface area contributed by atoms with Crippen molar-refractivity contribution in [2.45, 2.75) is 19.8 Å². The molecule has 0 unspecified atom stereocenters. The lowest BCUT2D eigenvalue weighted by molar-refractivity contribution is 0.760. The first-order valence-electron chi connectivity index (χ1n) is 5.59. The third-order valence-corrected chi connectivity index (χ3v) is 3.49. The molecule has 0 aliphatic rings. The highest BCUT2D eigenvalue weighted by atomic mass is 35.5. The number of fused-ring (bicyclic) bond motifs is 1. The minimum absolute atomic E-state index is 0.731. The van der Waals surface area contributed by atoms with Crippen LogP contribution in [0.15, 0.2) is 18.2 Å². The van der Waals surface area contributed by atoms with Crippen LogP contribution in [0.25, 0.3) is 10.9 Å². The van der Waals surface area contributed by atoms with E-state index in [1.807, 2.05) is 12.1 Å². The molecule has 0 saturated heterocycles. The van der Waals surface area contributed by atoms with E-state index in [1.54, 1.807) is 0 Å². The predicted octanol–water partition coefficient (Wildman–Crippen LogP) is 3.03. The van der Waals surface area contributed by atoms with Gasteiger partial charge >= 0.3 is 0 Å². The number of para-hydroxylation sites is 1. The molecule has 0 radical (unpaired) electrons. The molecule has 1 heterocycles. The smallest absolute Gasteiger partial charge is 0.0672 e. The molecule has 0 fully saturated rings. The number of benzene rings is 1. The van der Waals surface area contributed by atoms with Crippen LogP contribution in [0.1, 0.15) is 17.7 Å². The summed E-state index contributed by atoms with van der Waals surface area (Å²) in [7, 11) is 2.08. The van der Waals surface area contributed by atoms with Crippen molar-refractivity contribution in [1.29, 1.82) is 0 Å². The lowest BCUT2D eigenvalue weighted by Crippen LogP contribution is -2.04. The summed E-state index contributed by atoms with van der Waals surface area (Å²) in [6.45, 7) is 2.89. The first-order valence-corrected chi connectivity index (χ1v) is 5.97. The van der Waals surface area contributed by atoms with Crippen LogP contribution in [0.2, 0.25) is 5.02 Å². The van der Waals surface area contributed by atoms with Crippen LogP contribution < -0.4 is 5.73 Å². The molecule has 0 saturated carbocycles. The molecular weight excluding hydrogens is 220 g/mol. The molecule has 2 aromatic rings. The minimum Gasteiger partial charge on any atom is -0.346 e. The number of halogens is 1. The Bertz CT molecular complexity index is 514. The Hall–Kier alpha value is -0.990. The third-order valence-electron chi connectivity index (χ3n) is 3.18. The van der Waals surface area contributed by atoms with Crippen LogP contribution in [-0.4, -0.2) is 11.1 Å². The zero-order chi connectivity index (χ0) is 11.7. The Labute approximate surface area is 101 Å². The first-order chi connectivity index (χ1) is 7.66. The average molecular weight is 237 g/mol. The van der Waals surface area contributed by atoms with E-state index in [1.165, 1.54) is 16.6 Å². The standard InChI is InChI=1S/C13H17ClN2/c1-9-10-5-3-6-11(14)13(10)16(2)12(9)7-4-8-15/h3,5-6H,4,7-8,15H2,1-2H3. The highest BCUT2D eigenvalue weighted by Gasteiger charge is 2.12. The highest BCUT2D eigenvalue weighted by molar-refractivity contribution is 6.35. The highest BCUT2D eigenvalue weighted by Crippen LogP contribution is 2.30. The van der Waals surface area contributed by atoms with Crippen molar-refractivity contribution in [3.63, 3.8) is 0 Å². The van der Waals surface area contributed by atoms with Gasteiger partial charge in [-0.25, -0.2) is 0 Å². The Kier molecular flexibility index (Phi) is 3.22. The minimum atomic E-state index is 0.731. The zero-order valence-electron chi connectivity index (χ0n) is 9.76. The Balaban J connectivity index is 2.62. The molecule has 0 aliphatic carbocycles. The van der Waals surface area contributed by atoms with Gasteiger partial charge in [-0.15, -0.1) is 0 Å². The van der Waals surface area contributed by atoms with Gasteiger partial charge in [-0.2, -0.15) is 0 Å². The van der Waals surface area contributed by atoms with Gasteiger partial charge in [0.1, 0.15) is 0 Å². The fourth-order valence-corrected chi connectivity index (χ4v) is 2.63. The van der Waals surface area contributed by atoms with E-state index in [0.29, 0.717) is 0 Å². The van der Waals surface area contributed by atoms with E-state index in [4.69, 9.17) is 17.3 Å². The summed E-state index contributed by atoms with van der Waals surface area (Å²) >= 11 is 6.24. The molecule has 86 valence electrons. The summed E-state index contributed by atoms with van der Waals surface area (Å²) in [5, 5.41) is 2.07. The fourth-order valence-electron chi connectivity index (χ4n) is 2.33. The largest absolute Gasteiger partial charge is 0.346 e. The van der Waals surface area contributed by atoms with Gasteiger partial charge in [0.2, 0.25) is 0 Å². The maximum Gasteiger partial charge on any atom is 0.0672 e.